The molecule has 1 heterocycles. The van der Waals surface area contributed by atoms with E-state index in [1.165, 1.54) is 48.1 Å². The second-order valence-corrected chi connectivity index (χ2v) is 6.16. The Morgan fingerprint density at radius 1 is 1.44 bits per heavy atom. The maximum absolute atomic E-state index is 3.70. The van der Waals surface area contributed by atoms with E-state index in [-0.39, 0.29) is 0 Å². The van der Waals surface area contributed by atoms with Gasteiger partial charge in [-0.3, -0.25) is 0 Å². The number of hydrogen-bond acceptors (Lipinski definition) is 2. The minimum absolute atomic E-state index is 0.833. The highest BCUT2D eigenvalue weighted by molar-refractivity contribution is 9.10. The van der Waals surface area contributed by atoms with Gasteiger partial charge >= 0.3 is 0 Å². The van der Waals surface area contributed by atoms with Crippen molar-refractivity contribution in [2.75, 3.05) is 31.6 Å². The van der Waals surface area contributed by atoms with Crippen molar-refractivity contribution >= 4 is 21.6 Å². The quantitative estimate of drug-likeness (QED) is 0.914. The molecule has 2 nitrogen and oxygen atoms in total. The predicted molar refractivity (Wildman–Crippen MR) is 82.4 cm³/mol. The second-order valence-electron chi connectivity index (χ2n) is 5.30. The second kappa shape index (κ2) is 6.58. The summed E-state index contributed by atoms with van der Waals surface area (Å²) >= 11 is 3.70. The van der Waals surface area contributed by atoms with E-state index in [0.29, 0.717) is 0 Å². The number of benzene rings is 1. The van der Waals surface area contributed by atoms with Crippen LogP contribution in [-0.4, -0.2) is 26.7 Å². The molecule has 1 N–H and O–H groups in total. The molecule has 0 aromatic heterocycles. The summed E-state index contributed by atoms with van der Waals surface area (Å²) in [7, 11) is 2.04. The number of rotatable bonds is 4. The fourth-order valence-corrected chi connectivity index (χ4v) is 3.48. The fraction of sp³-hybridized carbons (Fsp3) is 0.600. The van der Waals surface area contributed by atoms with Gasteiger partial charge < -0.3 is 10.2 Å². The Morgan fingerprint density at radius 3 is 3.00 bits per heavy atom. The van der Waals surface area contributed by atoms with Crippen LogP contribution in [0.4, 0.5) is 5.69 Å². The Hall–Kier alpha value is -0.540. The lowest BCUT2D eigenvalue weighted by Crippen LogP contribution is -2.36. The predicted octanol–water partition coefficient (Wildman–Crippen LogP) is 3.58. The van der Waals surface area contributed by atoms with Gasteiger partial charge in [0.15, 0.2) is 0 Å². The fourth-order valence-electron chi connectivity index (χ4n) is 2.74. The minimum atomic E-state index is 0.833. The molecule has 0 amide bonds. The number of halogens is 1. The summed E-state index contributed by atoms with van der Waals surface area (Å²) in [6.45, 7) is 5.66. The van der Waals surface area contributed by atoms with Crippen molar-refractivity contribution in [2.24, 2.45) is 5.92 Å². The van der Waals surface area contributed by atoms with Crippen LogP contribution in [0.2, 0.25) is 0 Å². The summed E-state index contributed by atoms with van der Waals surface area (Å²) in [4.78, 5) is 2.54. The zero-order valence-electron chi connectivity index (χ0n) is 11.4. The summed E-state index contributed by atoms with van der Waals surface area (Å²) in [5, 5.41) is 3.26. The molecule has 100 valence electrons. The topological polar surface area (TPSA) is 15.3 Å². The molecule has 1 aliphatic heterocycles. The van der Waals surface area contributed by atoms with Crippen molar-refractivity contribution in [1.82, 2.24) is 5.32 Å². The van der Waals surface area contributed by atoms with Gasteiger partial charge in [-0.15, -0.1) is 0 Å². The first kappa shape index (κ1) is 13.9. The van der Waals surface area contributed by atoms with E-state index in [0.717, 1.165) is 12.5 Å². The van der Waals surface area contributed by atoms with Crippen LogP contribution in [-0.2, 0) is 0 Å². The van der Waals surface area contributed by atoms with E-state index in [4.69, 9.17) is 0 Å². The Morgan fingerprint density at radius 2 is 2.28 bits per heavy atom. The number of nitrogens with one attached hydrogen (secondary N) is 1. The lowest BCUT2D eigenvalue weighted by Gasteiger charge is -2.35. The van der Waals surface area contributed by atoms with Crippen molar-refractivity contribution in [2.45, 2.75) is 26.2 Å². The van der Waals surface area contributed by atoms with E-state index in [9.17, 15) is 0 Å². The highest BCUT2D eigenvalue weighted by Gasteiger charge is 2.20. The van der Waals surface area contributed by atoms with E-state index >= 15 is 0 Å². The molecule has 1 unspecified atom stereocenters. The summed E-state index contributed by atoms with van der Waals surface area (Å²) in [6, 6.07) is 6.67. The molecular weight excluding hydrogens is 288 g/mol. The largest absolute Gasteiger partial charge is 0.370 e. The van der Waals surface area contributed by atoms with Gasteiger partial charge in [0.1, 0.15) is 0 Å². The number of hydrogen-bond donors (Lipinski definition) is 1. The number of anilines is 1. The third-order valence-electron chi connectivity index (χ3n) is 3.77. The normalized spacial score (nSPS) is 20.2. The van der Waals surface area contributed by atoms with Gasteiger partial charge in [0.25, 0.3) is 0 Å². The van der Waals surface area contributed by atoms with Crippen molar-refractivity contribution < 1.29 is 0 Å². The maximum Gasteiger partial charge on any atom is 0.0510 e. The van der Waals surface area contributed by atoms with Crippen LogP contribution in [0.5, 0.6) is 0 Å². The molecule has 0 saturated carbocycles. The third kappa shape index (κ3) is 3.48. The molecule has 1 aromatic carbocycles. The van der Waals surface area contributed by atoms with E-state index in [1.807, 2.05) is 7.05 Å². The summed E-state index contributed by atoms with van der Waals surface area (Å²) in [5.74, 6) is 0.833. The van der Waals surface area contributed by atoms with Crippen LogP contribution in [0.3, 0.4) is 0 Å². The highest BCUT2D eigenvalue weighted by atomic mass is 79.9. The van der Waals surface area contributed by atoms with E-state index in [1.54, 1.807) is 0 Å². The van der Waals surface area contributed by atoms with Gasteiger partial charge in [-0.2, -0.15) is 0 Å². The van der Waals surface area contributed by atoms with Gasteiger partial charge in [0.05, 0.1) is 5.69 Å². The Labute approximate surface area is 119 Å². The molecule has 1 fully saturated rings. The Kier molecular flexibility index (Phi) is 5.07. The average Bonchev–Trinajstić information content (AvgIpc) is 2.36. The SMILES string of the molecule is CNCCC1CCCN(c2ccc(C)cc2Br)C1. The third-order valence-corrected chi connectivity index (χ3v) is 4.40. The van der Waals surface area contributed by atoms with Crippen LogP contribution in [0.1, 0.15) is 24.8 Å². The van der Waals surface area contributed by atoms with Crippen LogP contribution in [0.15, 0.2) is 22.7 Å². The van der Waals surface area contributed by atoms with Crippen LogP contribution >= 0.6 is 15.9 Å². The molecule has 0 radical (unpaired) electrons. The Balaban J connectivity index is 2.03. The zero-order valence-corrected chi connectivity index (χ0v) is 13.0. The molecular formula is C15H23BrN2. The van der Waals surface area contributed by atoms with Gasteiger partial charge in [-0.05, 0) is 79.3 Å². The highest BCUT2D eigenvalue weighted by Crippen LogP contribution is 2.31. The van der Waals surface area contributed by atoms with Crippen molar-refractivity contribution in [3.63, 3.8) is 0 Å². The summed E-state index contributed by atoms with van der Waals surface area (Å²) < 4.78 is 1.23. The molecule has 1 aliphatic rings. The molecule has 2 rings (SSSR count). The summed E-state index contributed by atoms with van der Waals surface area (Å²) in [5.41, 5.74) is 2.67. The number of piperidine rings is 1. The van der Waals surface area contributed by atoms with Gasteiger partial charge in [-0.1, -0.05) is 6.07 Å². The van der Waals surface area contributed by atoms with Gasteiger partial charge in [-0.25, -0.2) is 0 Å². The monoisotopic (exact) mass is 310 g/mol. The molecule has 18 heavy (non-hydrogen) atoms. The zero-order chi connectivity index (χ0) is 13.0. The number of aryl methyl sites for hydroxylation is 1. The van der Waals surface area contributed by atoms with Crippen LogP contribution in [0, 0.1) is 12.8 Å². The van der Waals surface area contributed by atoms with Crippen molar-refractivity contribution in [1.29, 1.82) is 0 Å². The maximum atomic E-state index is 3.70. The first-order chi connectivity index (χ1) is 8.70. The molecule has 1 saturated heterocycles. The molecule has 1 atom stereocenters. The molecule has 0 spiro atoms. The first-order valence-corrected chi connectivity index (χ1v) is 7.65. The van der Waals surface area contributed by atoms with Crippen molar-refractivity contribution in [3.05, 3.63) is 28.2 Å². The van der Waals surface area contributed by atoms with Gasteiger partial charge in [0.2, 0.25) is 0 Å². The van der Waals surface area contributed by atoms with Crippen LogP contribution < -0.4 is 10.2 Å². The standard InChI is InChI=1S/C15H23BrN2/c1-12-5-6-15(14(16)10-12)18-9-3-4-13(11-18)7-8-17-2/h5-6,10,13,17H,3-4,7-9,11H2,1-2H3. The minimum Gasteiger partial charge on any atom is -0.370 e. The average molecular weight is 311 g/mol. The lowest BCUT2D eigenvalue weighted by atomic mass is 9.94. The number of nitrogens with zero attached hydrogens (tertiary/aromatic N) is 1. The Bertz CT molecular complexity index is 392. The molecule has 0 aliphatic carbocycles. The molecule has 1 aromatic rings. The van der Waals surface area contributed by atoms with E-state index in [2.05, 4.69) is 51.3 Å². The van der Waals surface area contributed by atoms with Crippen molar-refractivity contribution in [3.8, 4) is 0 Å². The molecule has 0 bridgehead atoms. The summed E-state index contributed by atoms with van der Waals surface area (Å²) in [6.07, 6.45) is 3.98. The first-order valence-electron chi connectivity index (χ1n) is 6.86. The molecule has 3 heteroatoms. The van der Waals surface area contributed by atoms with E-state index < -0.39 is 0 Å². The van der Waals surface area contributed by atoms with Gasteiger partial charge in [0, 0.05) is 17.6 Å². The smallest absolute Gasteiger partial charge is 0.0510 e. The van der Waals surface area contributed by atoms with Crippen LogP contribution in [0.25, 0.3) is 0 Å². The lowest BCUT2D eigenvalue weighted by molar-refractivity contribution is 0.387.